The van der Waals surface area contributed by atoms with Crippen LogP contribution in [0.3, 0.4) is 0 Å². The van der Waals surface area contributed by atoms with Gasteiger partial charge in [0.05, 0.1) is 19.1 Å². The van der Waals surface area contributed by atoms with Crippen molar-refractivity contribution in [1.82, 2.24) is 15.5 Å². The van der Waals surface area contributed by atoms with Crippen LogP contribution in [0.4, 0.5) is 0 Å². The van der Waals surface area contributed by atoms with Crippen LogP contribution in [0, 0.1) is 0 Å². The van der Waals surface area contributed by atoms with Gasteiger partial charge in [-0.2, -0.15) is 0 Å². The van der Waals surface area contributed by atoms with Gasteiger partial charge in [0.2, 0.25) is 11.8 Å². The van der Waals surface area contributed by atoms with Crippen molar-refractivity contribution in [2.45, 2.75) is 32.5 Å². The molecule has 1 aliphatic rings. The van der Waals surface area contributed by atoms with Gasteiger partial charge in [-0.3, -0.25) is 14.5 Å². The Morgan fingerprint density at radius 3 is 2.76 bits per heavy atom. The van der Waals surface area contributed by atoms with Crippen LogP contribution in [0.1, 0.15) is 24.5 Å². The summed E-state index contributed by atoms with van der Waals surface area (Å²) in [6.45, 7) is 4.73. The molecule has 2 aromatic carbocycles. The van der Waals surface area contributed by atoms with Crippen molar-refractivity contribution in [3.05, 3.63) is 64.7 Å². The number of benzene rings is 2. The number of para-hydroxylation sites is 1. The molecule has 154 valence electrons. The second kappa shape index (κ2) is 10.3. The van der Waals surface area contributed by atoms with Crippen molar-refractivity contribution in [2.24, 2.45) is 0 Å². The minimum absolute atomic E-state index is 0.107. The van der Waals surface area contributed by atoms with Crippen LogP contribution in [0.5, 0.6) is 5.75 Å². The number of piperazine rings is 1. The van der Waals surface area contributed by atoms with E-state index in [4.69, 9.17) is 16.3 Å². The third-order valence-electron chi connectivity index (χ3n) is 4.87. The molecule has 6 nitrogen and oxygen atoms in total. The maximum absolute atomic E-state index is 12.5. The van der Waals surface area contributed by atoms with Gasteiger partial charge >= 0.3 is 0 Å². The number of carbonyl (C=O) groups is 2. The van der Waals surface area contributed by atoms with Gasteiger partial charge in [-0.25, -0.2) is 0 Å². The van der Waals surface area contributed by atoms with E-state index < -0.39 is 6.04 Å². The molecular weight excluding hydrogens is 390 g/mol. The molecule has 2 N–H and O–H groups in total. The first-order valence-corrected chi connectivity index (χ1v) is 10.2. The van der Waals surface area contributed by atoms with Gasteiger partial charge in [0.1, 0.15) is 5.75 Å². The average molecular weight is 416 g/mol. The lowest BCUT2D eigenvalue weighted by molar-refractivity contribution is -0.134. The van der Waals surface area contributed by atoms with Crippen molar-refractivity contribution in [2.75, 3.05) is 19.7 Å². The third-order valence-corrected chi connectivity index (χ3v) is 5.12. The smallest absolute Gasteiger partial charge is 0.237 e. The van der Waals surface area contributed by atoms with Crippen molar-refractivity contribution >= 4 is 23.4 Å². The monoisotopic (exact) mass is 415 g/mol. The zero-order chi connectivity index (χ0) is 20.6. The minimum atomic E-state index is -0.511. The van der Waals surface area contributed by atoms with Gasteiger partial charge < -0.3 is 15.4 Å². The third kappa shape index (κ3) is 5.95. The zero-order valence-corrected chi connectivity index (χ0v) is 17.2. The Morgan fingerprint density at radius 1 is 1.24 bits per heavy atom. The molecule has 0 aliphatic carbocycles. The molecule has 2 aromatic rings. The van der Waals surface area contributed by atoms with Gasteiger partial charge in [0, 0.05) is 36.8 Å². The molecule has 1 atom stereocenters. The number of hydrogen-bond acceptors (Lipinski definition) is 4. The fraction of sp³-hybridized carbons (Fsp3) is 0.364. The number of nitrogens with zero attached hydrogens (tertiary/aromatic N) is 1. The summed E-state index contributed by atoms with van der Waals surface area (Å²) < 4.78 is 5.70. The standard InChI is InChI=1S/C22H26ClN3O3/c1-2-29-20-6-4-3-5-17(20)15-26-12-11-24-22(28)19(26)13-21(27)25-14-16-7-9-18(23)10-8-16/h3-10,19H,2,11-15H2,1H3,(H,24,28)(H,25,27). The highest BCUT2D eigenvalue weighted by Crippen LogP contribution is 2.22. The zero-order valence-electron chi connectivity index (χ0n) is 16.5. The van der Waals surface area contributed by atoms with Crippen LogP contribution in [-0.4, -0.2) is 42.5 Å². The van der Waals surface area contributed by atoms with Crippen LogP contribution in [-0.2, 0) is 22.7 Å². The number of halogens is 1. The lowest BCUT2D eigenvalue weighted by Gasteiger charge is -2.35. The fourth-order valence-corrected chi connectivity index (χ4v) is 3.50. The Hall–Kier alpha value is -2.57. The highest BCUT2D eigenvalue weighted by Gasteiger charge is 2.32. The maximum Gasteiger partial charge on any atom is 0.237 e. The molecule has 7 heteroatoms. The summed E-state index contributed by atoms with van der Waals surface area (Å²) in [5.74, 6) is 0.531. The minimum Gasteiger partial charge on any atom is -0.494 e. The number of amides is 2. The Bertz CT molecular complexity index is 841. The molecule has 0 bridgehead atoms. The SMILES string of the molecule is CCOc1ccccc1CN1CCNC(=O)C1CC(=O)NCc1ccc(Cl)cc1. The molecule has 0 radical (unpaired) electrons. The summed E-state index contributed by atoms with van der Waals surface area (Å²) >= 11 is 5.89. The molecule has 0 saturated carbocycles. The molecule has 3 rings (SSSR count). The molecule has 1 unspecified atom stereocenters. The summed E-state index contributed by atoms with van der Waals surface area (Å²) in [5.41, 5.74) is 1.97. The summed E-state index contributed by atoms with van der Waals surface area (Å²) in [5, 5.41) is 6.41. The van der Waals surface area contributed by atoms with Crippen molar-refractivity contribution in [3.63, 3.8) is 0 Å². The lowest BCUT2D eigenvalue weighted by atomic mass is 10.1. The quantitative estimate of drug-likeness (QED) is 0.695. The van der Waals surface area contributed by atoms with E-state index >= 15 is 0 Å². The number of ether oxygens (including phenoxy) is 1. The van der Waals surface area contributed by atoms with Gasteiger partial charge in [-0.1, -0.05) is 41.9 Å². The molecule has 0 aromatic heterocycles. The van der Waals surface area contributed by atoms with E-state index in [2.05, 4.69) is 10.6 Å². The molecule has 1 heterocycles. The Balaban J connectivity index is 1.63. The number of hydrogen-bond donors (Lipinski definition) is 2. The predicted octanol–water partition coefficient (Wildman–Crippen LogP) is 2.75. The van der Waals surface area contributed by atoms with E-state index in [0.717, 1.165) is 16.9 Å². The Morgan fingerprint density at radius 2 is 2.00 bits per heavy atom. The van der Waals surface area contributed by atoms with Crippen LogP contribution >= 0.6 is 11.6 Å². The lowest BCUT2D eigenvalue weighted by Crippen LogP contribution is -2.56. The van der Waals surface area contributed by atoms with Crippen LogP contribution in [0.2, 0.25) is 5.02 Å². The summed E-state index contributed by atoms with van der Waals surface area (Å²) in [7, 11) is 0. The number of rotatable bonds is 8. The van der Waals surface area contributed by atoms with E-state index in [1.165, 1.54) is 0 Å². The molecule has 1 fully saturated rings. The highest BCUT2D eigenvalue weighted by atomic mass is 35.5. The predicted molar refractivity (Wildman–Crippen MR) is 113 cm³/mol. The van der Waals surface area contributed by atoms with E-state index in [-0.39, 0.29) is 18.2 Å². The van der Waals surface area contributed by atoms with Crippen LogP contribution < -0.4 is 15.4 Å². The van der Waals surface area contributed by atoms with E-state index in [1.807, 2.05) is 48.2 Å². The van der Waals surface area contributed by atoms with Crippen molar-refractivity contribution in [3.8, 4) is 5.75 Å². The average Bonchev–Trinajstić information content (AvgIpc) is 2.72. The Kier molecular flexibility index (Phi) is 7.49. The van der Waals surface area contributed by atoms with Crippen molar-refractivity contribution in [1.29, 1.82) is 0 Å². The van der Waals surface area contributed by atoms with E-state index in [9.17, 15) is 9.59 Å². The first-order valence-electron chi connectivity index (χ1n) is 9.80. The van der Waals surface area contributed by atoms with Gasteiger partial charge in [-0.05, 0) is 30.7 Å². The summed E-state index contributed by atoms with van der Waals surface area (Å²) in [6.07, 6.45) is 0.107. The summed E-state index contributed by atoms with van der Waals surface area (Å²) in [6, 6.07) is 14.6. The molecular formula is C22H26ClN3O3. The first kappa shape index (κ1) is 21.1. The van der Waals surface area contributed by atoms with Crippen LogP contribution in [0.25, 0.3) is 0 Å². The summed E-state index contributed by atoms with van der Waals surface area (Å²) in [4.78, 5) is 27.0. The topological polar surface area (TPSA) is 70.7 Å². The first-order chi connectivity index (χ1) is 14.1. The highest BCUT2D eigenvalue weighted by molar-refractivity contribution is 6.30. The molecule has 1 saturated heterocycles. The van der Waals surface area contributed by atoms with Crippen LogP contribution in [0.15, 0.2) is 48.5 Å². The molecule has 29 heavy (non-hydrogen) atoms. The second-order valence-corrected chi connectivity index (χ2v) is 7.36. The molecule has 2 amide bonds. The molecule has 0 spiro atoms. The molecule has 1 aliphatic heterocycles. The van der Waals surface area contributed by atoms with Gasteiger partial charge in [0.15, 0.2) is 0 Å². The fourth-order valence-electron chi connectivity index (χ4n) is 3.37. The largest absolute Gasteiger partial charge is 0.494 e. The maximum atomic E-state index is 12.5. The number of nitrogens with one attached hydrogen (secondary N) is 2. The van der Waals surface area contributed by atoms with E-state index in [1.54, 1.807) is 12.1 Å². The Labute approximate surface area is 176 Å². The van der Waals surface area contributed by atoms with Gasteiger partial charge in [0.25, 0.3) is 0 Å². The second-order valence-electron chi connectivity index (χ2n) is 6.93. The van der Waals surface area contributed by atoms with Crippen molar-refractivity contribution < 1.29 is 14.3 Å². The van der Waals surface area contributed by atoms with Gasteiger partial charge in [-0.15, -0.1) is 0 Å². The van der Waals surface area contributed by atoms with E-state index in [0.29, 0.717) is 37.8 Å². The normalized spacial score (nSPS) is 16.9. The number of carbonyl (C=O) groups excluding carboxylic acids is 2.